The van der Waals surface area contributed by atoms with Gasteiger partial charge in [-0.25, -0.2) is 0 Å². The number of hydrogen-bond donors (Lipinski definition) is 1. The van der Waals surface area contributed by atoms with E-state index in [4.69, 9.17) is 5.11 Å². The molecule has 0 amide bonds. The number of hydrogen-bond acceptors (Lipinski definition) is 2. The summed E-state index contributed by atoms with van der Waals surface area (Å²) in [4.78, 5) is 4.03. The molecule has 2 nitrogen and oxygen atoms in total. The first-order valence-electron chi connectivity index (χ1n) is 3.26. The second-order valence-electron chi connectivity index (χ2n) is 2.43. The Labute approximate surface area is 60.6 Å². The molecule has 1 heterocycles. The lowest BCUT2D eigenvalue weighted by Crippen LogP contribution is -2.10. The molecule has 0 aliphatic carbocycles. The highest BCUT2D eigenvalue weighted by Crippen LogP contribution is 2.16. The van der Waals surface area contributed by atoms with Crippen molar-refractivity contribution in [2.24, 2.45) is 10.9 Å². The summed E-state index contributed by atoms with van der Waals surface area (Å²) in [7, 11) is 0. The summed E-state index contributed by atoms with van der Waals surface area (Å²) < 4.78 is 0. The van der Waals surface area contributed by atoms with Gasteiger partial charge in [0.05, 0.1) is 6.61 Å². The standard InChI is InChI=1S/C8H11NO/c1-6-4-9-7(2)3-8(6)5-10/h3-4,8,10H,1,5H2,2H3. The summed E-state index contributed by atoms with van der Waals surface area (Å²) in [5, 5.41) is 8.81. The highest BCUT2D eigenvalue weighted by atomic mass is 16.3. The molecule has 0 radical (unpaired) electrons. The summed E-state index contributed by atoms with van der Waals surface area (Å²) in [6.45, 7) is 5.78. The fourth-order valence-electron chi connectivity index (χ4n) is 0.892. The van der Waals surface area contributed by atoms with Crippen molar-refractivity contribution in [3.8, 4) is 0 Å². The molecule has 1 aliphatic heterocycles. The van der Waals surface area contributed by atoms with Crippen LogP contribution in [-0.4, -0.2) is 17.9 Å². The van der Waals surface area contributed by atoms with Gasteiger partial charge >= 0.3 is 0 Å². The van der Waals surface area contributed by atoms with Gasteiger partial charge in [0.15, 0.2) is 0 Å². The summed E-state index contributed by atoms with van der Waals surface area (Å²) in [5.41, 5.74) is 1.83. The van der Waals surface area contributed by atoms with Gasteiger partial charge in [-0.05, 0) is 12.5 Å². The van der Waals surface area contributed by atoms with E-state index in [0.29, 0.717) is 0 Å². The van der Waals surface area contributed by atoms with Gasteiger partial charge in [-0.15, -0.1) is 0 Å². The number of aliphatic imine (C=N–C) groups is 1. The SMILES string of the molecule is C=C1C=NC(C)=CC1CO. The van der Waals surface area contributed by atoms with Crippen molar-refractivity contribution >= 4 is 6.21 Å². The van der Waals surface area contributed by atoms with E-state index in [1.807, 2.05) is 13.0 Å². The lowest BCUT2D eigenvalue weighted by Gasteiger charge is -2.13. The third-order valence-corrected chi connectivity index (χ3v) is 1.55. The third kappa shape index (κ3) is 1.33. The summed E-state index contributed by atoms with van der Waals surface area (Å²) in [6.07, 6.45) is 3.62. The van der Waals surface area contributed by atoms with Crippen molar-refractivity contribution in [3.63, 3.8) is 0 Å². The molecule has 1 atom stereocenters. The Morgan fingerprint density at radius 2 is 2.50 bits per heavy atom. The lowest BCUT2D eigenvalue weighted by atomic mass is 9.99. The van der Waals surface area contributed by atoms with Crippen LogP contribution in [0.4, 0.5) is 0 Å². The highest BCUT2D eigenvalue weighted by molar-refractivity contribution is 5.81. The minimum Gasteiger partial charge on any atom is -0.395 e. The van der Waals surface area contributed by atoms with E-state index in [1.54, 1.807) is 6.21 Å². The van der Waals surface area contributed by atoms with Crippen LogP contribution in [0, 0.1) is 5.92 Å². The Balaban J connectivity index is 2.76. The van der Waals surface area contributed by atoms with E-state index in [0.717, 1.165) is 11.3 Å². The normalized spacial score (nSPS) is 24.8. The number of rotatable bonds is 1. The zero-order valence-corrected chi connectivity index (χ0v) is 6.04. The van der Waals surface area contributed by atoms with E-state index in [2.05, 4.69) is 11.6 Å². The maximum absolute atomic E-state index is 8.81. The summed E-state index contributed by atoms with van der Waals surface area (Å²) >= 11 is 0. The molecule has 0 aromatic carbocycles. The quantitative estimate of drug-likeness (QED) is 0.577. The average molecular weight is 137 g/mol. The van der Waals surface area contributed by atoms with E-state index in [1.165, 1.54) is 0 Å². The molecule has 1 unspecified atom stereocenters. The van der Waals surface area contributed by atoms with Crippen LogP contribution in [0.25, 0.3) is 0 Å². The monoisotopic (exact) mass is 137 g/mol. The summed E-state index contributed by atoms with van der Waals surface area (Å²) in [5.74, 6) is 0.0810. The maximum atomic E-state index is 8.81. The van der Waals surface area contributed by atoms with Crippen LogP contribution in [0.2, 0.25) is 0 Å². The van der Waals surface area contributed by atoms with Crippen molar-refractivity contribution in [3.05, 3.63) is 23.9 Å². The van der Waals surface area contributed by atoms with Gasteiger partial charge in [0, 0.05) is 17.8 Å². The molecule has 0 aromatic rings. The highest BCUT2D eigenvalue weighted by Gasteiger charge is 2.09. The van der Waals surface area contributed by atoms with Crippen LogP contribution in [0.15, 0.2) is 28.9 Å². The average Bonchev–Trinajstić information content (AvgIpc) is 1.94. The van der Waals surface area contributed by atoms with Crippen LogP contribution < -0.4 is 0 Å². The zero-order chi connectivity index (χ0) is 7.56. The van der Waals surface area contributed by atoms with Gasteiger partial charge in [-0.1, -0.05) is 12.7 Å². The van der Waals surface area contributed by atoms with Gasteiger partial charge in [0.1, 0.15) is 0 Å². The van der Waals surface area contributed by atoms with Crippen molar-refractivity contribution in [1.29, 1.82) is 0 Å². The molecule has 1 rings (SSSR count). The fourth-order valence-corrected chi connectivity index (χ4v) is 0.892. The molecule has 0 bridgehead atoms. The third-order valence-electron chi connectivity index (χ3n) is 1.55. The van der Waals surface area contributed by atoms with Crippen molar-refractivity contribution < 1.29 is 5.11 Å². The Morgan fingerprint density at radius 1 is 1.80 bits per heavy atom. The van der Waals surface area contributed by atoms with Gasteiger partial charge in [-0.2, -0.15) is 0 Å². The van der Waals surface area contributed by atoms with Gasteiger partial charge < -0.3 is 5.11 Å². The van der Waals surface area contributed by atoms with Crippen LogP contribution in [0.3, 0.4) is 0 Å². The Kier molecular flexibility index (Phi) is 2.02. The maximum Gasteiger partial charge on any atom is 0.0535 e. The molecule has 0 saturated heterocycles. The lowest BCUT2D eigenvalue weighted by molar-refractivity contribution is 0.271. The number of allylic oxidation sites excluding steroid dienone is 1. The first kappa shape index (κ1) is 7.22. The molecule has 0 aromatic heterocycles. The van der Waals surface area contributed by atoms with Crippen molar-refractivity contribution in [1.82, 2.24) is 0 Å². The predicted molar refractivity (Wildman–Crippen MR) is 42.0 cm³/mol. The van der Waals surface area contributed by atoms with Crippen LogP contribution in [0.1, 0.15) is 6.92 Å². The predicted octanol–water partition coefficient (Wildman–Crippen LogP) is 1.14. The number of aliphatic hydroxyl groups excluding tert-OH is 1. The molecular formula is C8H11NO. The van der Waals surface area contributed by atoms with Gasteiger partial charge in [-0.3, -0.25) is 4.99 Å². The molecule has 1 N–H and O–H groups in total. The van der Waals surface area contributed by atoms with E-state index < -0.39 is 0 Å². The molecule has 0 fully saturated rings. The topological polar surface area (TPSA) is 32.6 Å². The van der Waals surface area contributed by atoms with Crippen LogP contribution >= 0.6 is 0 Å². The van der Waals surface area contributed by atoms with Crippen LogP contribution in [-0.2, 0) is 0 Å². The Morgan fingerprint density at radius 3 is 3.00 bits per heavy atom. The minimum absolute atomic E-state index is 0.0810. The zero-order valence-electron chi connectivity index (χ0n) is 6.04. The molecule has 1 aliphatic rings. The number of nitrogens with zero attached hydrogens (tertiary/aromatic N) is 1. The molecule has 0 saturated carbocycles. The minimum atomic E-state index is 0.0810. The Hall–Kier alpha value is -0.890. The molecular weight excluding hydrogens is 126 g/mol. The second kappa shape index (κ2) is 2.80. The van der Waals surface area contributed by atoms with E-state index in [-0.39, 0.29) is 12.5 Å². The molecule has 0 spiro atoms. The van der Waals surface area contributed by atoms with Crippen molar-refractivity contribution in [2.45, 2.75) is 6.92 Å². The van der Waals surface area contributed by atoms with E-state index >= 15 is 0 Å². The molecule has 10 heavy (non-hydrogen) atoms. The molecule has 54 valence electrons. The first-order chi connectivity index (χ1) is 4.74. The van der Waals surface area contributed by atoms with Gasteiger partial charge in [0.2, 0.25) is 0 Å². The largest absolute Gasteiger partial charge is 0.395 e. The van der Waals surface area contributed by atoms with Crippen molar-refractivity contribution in [2.75, 3.05) is 6.61 Å². The Bertz CT molecular complexity index is 203. The number of aliphatic hydroxyl groups is 1. The fraction of sp³-hybridized carbons (Fsp3) is 0.375. The smallest absolute Gasteiger partial charge is 0.0535 e. The first-order valence-corrected chi connectivity index (χ1v) is 3.26. The van der Waals surface area contributed by atoms with Crippen LogP contribution in [0.5, 0.6) is 0 Å². The van der Waals surface area contributed by atoms with E-state index in [9.17, 15) is 0 Å². The molecule has 2 heteroatoms. The van der Waals surface area contributed by atoms with Gasteiger partial charge in [0.25, 0.3) is 0 Å². The summed E-state index contributed by atoms with van der Waals surface area (Å²) in [6, 6.07) is 0. The second-order valence-corrected chi connectivity index (χ2v) is 2.43.